The zero-order chi connectivity index (χ0) is 56.7. The first-order valence-corrected chi connectivity index (χ1v) is 30.2. The molecule has 0 spiro atoms. The summed E-state index contributed by atoms with van der Waals surface area (Å²) < 4.78 is 2.58. The van der Waals surface area contributed by atoms with Gasteiger partial charge in [0.1, 0.15) is 0 Å². The maximum absolute atomic E-state index is 7.49. The monoisotopic (exact) mass is 1170 g/mol. The van der Waals surface area contributed by atoms with Crippen LogP contribution in [0.1, 0.15) is 11.1 Å². The minimum atomic E-state index is 0.547. The SMILES string of the molecule is Cc1cc2ccccc2c2c(N(c3ccccc3)c3cccc(Cl)c3Cl)csc12.Cc1cc2ccccc2c2c(N(c3ccccc3)c3cccc(N(c4ccccc4)c4ccccc4)c3Cl)csc12.c1ccc(Nc2ccccc2)cc1. The molecular weight excluding hydrogens is 1120 g/mol. The summed E-state index contributed by atoms with van der Waals surface area (Å²) >= 11 is 24.1. The largest absolute Gasteiger partial charge is 0.356 e. The van der Waals surface area contributed by atoms with Gasteiger partial charge in [-0.2, -0.15) is 0 Å². The number of aryl methyl sites for hydroxylation is 2. The summed E-state index contributed by atoms with van der Waals surface area (Å²) in [5.41, 5.74) is 13.9. The van der Waals surface area contributed by atoms with Gasteiger partial charge in [-0.25, -0.2) is 0 Å². The highest BCUT2D eigenvalue weighted by Gasteiger charge is 2.26. The van der Waals surface area contributed by atoms with Gasteiger partial charge in [0, 0.05) is 65.1 Å². The van der Waals surface area contributed by atoms with E-state index in [1.807, 2.05) is 109 Å². The van der Waals surface area contributed by atoms with Crippen LogP contribution in [0.5, 0.6) is 0 Å². The number of fused-ring (bicyclic) bond motifs is 6. The minimum Gasteiger partial charge on any atom is -0.356 e. The van der Waals surface area contributed by atoms with E-state index in [9.17, 15) is 0 Å². The zero-order valence-corrected chi connectivity index (χ0v) is 49.4. The van der Waals surface area contributed by atoms with Gasteiger partial charge < -0.3 is 20.0 Å². The maximum atomic E-state index is 7.49. The Balaban J connectivity index is 0.000000140. The molecule has 1 N–H and O–H groups in total. The average Bonchev–Trinajstić information content (AvgIpc) is 4.42. The molecule has 0 amide bonds. The third kappa shape index (κ3) is 11.5. The number of hydrogen-bond acceptors (Lipinski definition) is 6. The van der Waals surface area contributed by atoms with E-state index in [0.29, 0.717) is 15.1 Å². The molecular formula is C74H55Cl3N4S2. The van der Waals surface area contributed by atoms with Crippen LogP contribution in [-0.4, -0.2) is 0 Å². The Hall–Kier alpha value is -8.85. The van der Waals surface area contributed by atoms with Gasteiger partial charge in [-0.05, 0) is 156 Å². The van der Waals surface area contributed by atoms with Crippen molar-refractivity contribution < 1.29 is 0 Å². The summed E-state index contributed by atoms with van der Waals surface area (Å²) in [6.45, 7) is 4.38. The van der Waals surface area contributed by atoms with Gasteiger partial charge in [-0.1, -0.05) is 205 Å². The molecule has 12 aromatic carbocycles. The van der Waals surface area contributed by atoms with Crippen LogP contribution in [0, 0.1) is 13.8 Å². The van der Waals surface area contributed by atoms with E-state index in [4.69, 9.17) is 34.8 Å². The van der Waals surface area contributed by atoms with Crippen molar-refractivity contribution in [2.45, 2.75) is 13.8 Å². The summed E-state index contributed by atoms with van der Waals surface area (Å²) in [5, 5.41) is 17.0. The van der Waals surface area contributed by atoms with Crippen LogP contribution in [-0.2, 0) is 0 Å². The number of rotatable bonds is 11. The molecule has 0 unspecified atom stereocenters. The number of benzene rings is 12. The summed E-state index contributed by atoms with van der Waals surface area (Å²) in [4.78, 5) is 6.74. The third-order valence-corrected chi connectivity index (χ3v) is 17.9. The fourth-order valence-electron chi connectivity index (χ4n) is 10.7. The fourth-order valence-corrected chi connectivity index (χ4v) is 13.4. The summed E-state index contributed by atoms with van der Waals surface area (Å²) in [7, 11) is 0. The molecule has 0 bridgehead atoms. The molecule has 0 aliphatic rings. The topological polar surface area (TPSA) is 21.8 Å². The molecule has 0 aliphatic carbocycles. The molecule has 2 heterocycles. The second kappa shape index (κ2) is 25.1. The molecule has 14 rings (SSSR count). The number of hydrogen-bond donors (Lipinski definition) is 1. The Morgan fingerprint density at radius 1 is 0.313 bits per heavy atom. The van der Waals surface area contributed by atoms with Crippen molar-refractivity contribution in [1.82, 2.24) is 0 Å². The Bertz CT molecular complexity index is 4410. The molecule has 0 atom stereocenters. The van der Waals surface area contributed by atoms with Gasteiger partial charge in [0.25, 0.3) is 0 Å². The van der Waals surface area contributed by atoms with E-state index in [1.54, 1.807) is 22.7 Å². The van der Waals surface area contributed by atoms with Crippen molar-refractivity contribution in [2.75, 3.05) is 20.0 Å². The van der Waals surface area contributed by atoms with Crippen LogP contribution in [0.15, 0.2) is 290 Å². The summed E-state index contributed by atoms with van der Waals surface area (Å²) in [6, 6.07) is 95.7. The first kappa shape index (κ1) is 54.7. The number of halogens is 3. The summed E-state index contributed by atoms with van der Waals surface area (Å²) in [5.74, 6) is 0. The quantitative estimate of drug-likeness (QED) is 0.139. The minimum absolute atomic E-state index is 0.547. The Morgan fingerprint density at radius 2 is 0.639 bits per heavy atom. The smallest absolute Gasteiger partial charge is 0.0887 e. The summed E-state index contributed by atoms with van der Waals surface area (Å²) in [6.07, 6.45) is 0. The van der Waals surface area contributed by atoms with E-state index >= 15 is 0 Å². The van der Waals surface area contributed by atoms with Crippen molar-refractivity contribution in [1.29, 1.82) is 0 Å². The molecule has 0 saturated heterocycles. The van der Waals surface area contributed by atoms with Crippen LogP contribution in [0.2, 0.25) is 15.1 Å². The highest BCUT2D eigenvalue weighted by Crippen LogP contribution is 2.52. The van der Waals surface area contributed by atoms with Crippen LogP contribution in [0.25, 0.3) is 41.7 Å². The van der Waals surface area contributed by atoms with Gasteiger partial charge in [0.15, 0.2) is 0 Å². The van der Waals surface area contributed by atoms with Crippen LogP contribution < -0.4 is 20.0 Å². The normalized spacial score (nSPS) is 11.0. The highest BCUT2D eigenvalue weighted by molar-refractivity contribution is 7.18. The lowest BCUT2D eigenvalue weighted by Gasteiger charge is -2.30. The van der Waals surface area contributed by atoms with E-state index in [0.717, 1.165) is 62.6 Å². The zero-order valence-electron chi connectivity index (χ0n) is 45.5. The Morgan fingerprint density at radius 3 is 1.05 bits per heavy atom. The number of thiophene rings is 2. The van der Waals surface area contributed by atoms with Gasteiger partial charge in [0.2, 0.25) is 0 Å². The maximum Gasteiger partial charge on any atom is 0.0887 e. The lowest BCUT2D eigenvalue weighted by molar-refractivity contribution is 1.26. The van der Waals surface area contributed by atoms with E-state index in [1.165, 1.54) is 52.8 Å². The molecule has 0 aliphatic heterocycles. The molecule has 2 aromatic heterocycles. The van der Waals surface area contributed by atoms with Crippen LogP contribution >= 0.6 is 57.5 Å². The van der Waals surface area contributed by atoms with Gasteiger partial charge in [-0.3, -0.25) is 0 Å². The predicted molar refractivity (Wildman–Crippen MR) is 363 cm³/mol. The van der Waals surface area contributed by atoms with Crippen LogP contribution in [0.3, 0.4) is 0 Å². The first-order chi connectivity index (χ1) is 40.8. The van der Waals surface area contributed by atoms with Crippen molar-refractivity contribution >= 4 is 162 Å². The van der Waals surface area contributed by atoms with Gasteiger partial charge >= 0.3 is 0 Å². The number of nitrogens with one attached hydrogen (secondary N) is 1. The van der Waals surface area contributed by atoms with Crippen molar-refractivity contribution in [3.8, 4) is 0 Å². The molecule has 0 saturated carbocycles. The molecule has 9 heteroatoms. The average molecular weight is 1170 g/mol. The molecule has 4 nitrogen and oxygen atoms in total. The van der Waals surface area contributed by atoms with E-state index in [2.05, 4.69) is 214 Å². The standard InChI is InChI=1S/C37H27ClN2S.C25H17Cl2NS.C12H11N/c1-26-24-27-14-11-12-21-31(27)35-34(25-41-37(26)35)40(30-19-9-4-10-20-30)33-23-13-22-32(36(33)38)39(28-15-5-2-6-16-28)29-17-7-3-8-18-29;1-16-14-17-8-5-6-11-19(17)23-22(15-29-25(16)23)28(18-9-3-2-4-10-18)21-13-7-12-20(26)24(21)27;1-3-7-11(8-4-1)13-12-9-5-2-6-10-12/h2-25H,1H3;2-15H,1H3;1-10,13H. The van der Waals surface area contributed by atoms with E-state index in [-0.39, 0.29) is 0 Å². The Kier molecular flexibility index (Phi) is 16.6. The van der Waals surface area contributed by atoms with Gasteiger partial charge in [0.05, 0.1) is 43.5 Å². The van der Waals surface area contributed by atoms with Crippen molar-refractivity contribution in [3.05, 3.63) is 316 Å². The molecule has 14 aromatic rings. The number of para-hydroxylation sites is 6. The predicted octanol–water partition coefficient (Wildman–Crippen LogP) is 24.5. The van der Waals surface area contributed by atoms with E-state index < -0.39 is 0 Å². The Labute approximate surface area is 507 Å². The molecule has 83 heavy (non-hydrogen) atoms. The molecule has 0 radical (unpaired) electrons. The molecule has 0 fully saturated rings. The van der Waals surface area contributed by atoms with Crippen LogP contribution in [0.4, 0.5) is 62.6 Å². The number of nitrogens with zero attached hydrogens (tertiary/aromatic N) is 3. The highest BCUT2D eigenvalue weighted by atomic mass is 35.5. The number of anilines is 11. The van der Waals surface area contributed by atoms with Crippen molar-refractivity contribution in [3.63, 3.8) is 0 Å². The second-order valence-corrected chi connectivity index (χ2v) is 22.8. The van der Waals surface area contributed by atoms with Crippen molar-refractivity contribution in [2.24, 2.45) is 0 Å². The second-order valence-electron chi connectivity index (χ2n) is 19.9. The lowest BCUT2D eigenvalue weighted by Crippen LogP contribution is -2.14. The van der Waals surface area contributed by atoms with Gasteiger partial charge in [-0.15, -0.1) is 22.7 Å². The lowest BCUT2D eigenvalue weighted by atomic mass is 10.0. The third-order valence-electron chi connectivity index (χ3n) is 14.5. The first-order valence-electron chi connectivity index (χ1n) is 27.3. The fraction of sp³-hybridized carbons (Fsp3) is 0.0270. The molecule has 404 valence electrons.